The van der Waals surface area contributed by atoms with E-state index < -0.39 is 16.3 Å². The van der Waals surface area contributed by atoms with E-state index in [-0.39, 0.29) is 42.2 Å². The standard InChI is InChI=1S/2C10H21OP.4ClH.2Pd/c2*1-10(2,3)12(11)9-7-5-4-6-8-9;;;;;;/h2*9,11H,4-8H2,1-3H3;4*1H;;/q;;;;;;2*+2/p-4. The molecule has 2 aliphatic carbocycles. The van der Waals surface area contributed by atoms with Gasteiger partial charge in [-0.1, -0.05) is 80.1 Å². The Kier molecular flexibility index (Phi) is 24.2. The van der Waals surface area contributed by atoms with Gasteiger partial charge in [-0.3, -0.25) is 0 Å². The summed E-state index contributed by atoms with van der Waals surface area (Å²) >= 11 is -0.211. The van der Waals surface area contributed by atoms with Crippen molar-refractivity contribution in [2.24, 2.45) is 0 Å². The quantitative estimate of drug-likeness (QED) is 0.220. The Morgan fingerprint density at radius 2 is 0.767 bits per heavy atom. The van der Waals surface area contributed by atoms with Crippen LogP contribution >= 0.6 is 54.4 Å². The van der Waals surface area contributed by atoms with E-state index in [0.717, 1.165) is 0 Å². The van der Waals surface area contributed by atoms with E-state index in [1.165, 1.54) is 64.2 Å². The third-order valence-electron chi connectivity index (χ3n) is 5.22. The second-order valence-electron chi connectivity index (χ2n) is 9.70. The molecule has 2 unspecified atom stereocenters. The zero-order valence-electron chi connectivity index (χ0n) is 19.2. The molecule has 2 aliphatic rings. The van der Waals surface area contributed by atoms with Crippen LogP contribution in [0.3, 0.4) is 0 Å². The van der Waals surface area contributed by atoms with Gasteiger partial charge in [0.25, 0.3) is 0 Å². The number of rotatable bonds is 2. The van der Waals surface area contributed by atoms with E-state index in [0.29, 0.717) is 11.3 Å². The SMILES string of the molecule is CC(C)(C)P(O)C1CCCCC1.CC(C)(C)P(O)C1CCCCC1.[Cl][Pd][Cl].[Cl][Pd][Cl]. The monoisotopic (exact) mass is 728 g/mol. The molecule has 0 amide bonds. The molecule has 192 valence electrons. The molecule has 30 heavy (non-hydrogen) atoms. The molecule has 2 rings (SSSR count). The first kappa shape index (κ1) is 35.4. The van der Waals surface area contributed by atoms with Crippen molar-refractivity contribution in [2.75, 3.05) is 0 Å². The fourth-order valence-corrected chi connectivity index (χ4v) is 7.65. The second-order valence-corrected chi connectivity index (χ2v) is 19.9. The van der Waals surface area contributed by atoms with Crippen LogP contribution in [0.25, 0.3) is 0 Å². The molecule has 0 aromatic heterocycles. The van der Waals surface area contributed by atoms with Crippen molar-refractivity contribution in [2.45, 2.75) is 127 Å². The Morgan fingerprint density at radius 1 is 0.567 bits per heavy atom. The molecular weight excluding hydrogens is 689 g/mol. The minimum absolute atomic E-state index is 0.106. The van der Waals surface area contributed by atoms with Crippen LogP contribution in [0, 0.1) is 0 Å². The van der Waals surface area contributed by atoms with Crippen molar-refractivity contribution in [3.05, 3.63) is 0 Å². The van der Waals surface area contributed by atoms with Gasteiger partial charge in [-0.25, -0.2) is 0 Å². The molecule has 2 atom stereocenters. The molecule has 2 nitrogen and oxygen atoms in total. The topological polar surface area (TPSA) is 40.5 Å². The van der Waals surface area contributed by atoms with E-state index in [1.807, 2.05) is 0 Å². The average molecular weight is 731 g/mol. The molecule has 0 aliphatic heterocycles. The molecule has 2 N–H and O–H groups in total. The summed E-state index contributed by atoms with van der Waals surface area (Å²) in [5, 5.41) is 0.272. The summed E-state index contributed by atoms with van der Waals surface area (Å²) in [6.07, 6.45) is 13.1. The van der Waals surface area contributed by atoms with Crippen LogP contribution in [0.2, 0.25) is 0 Å². The second kappa shape index (κ2) is 20.5. The van der Waals surface area contributed by atoms with Gasteiger partial charge in [0, 0.05) is 37.9 Å². The van der Waals surface area contributed by atoms with Crippen LogP contribution in [0.1, 0.15) is 106 Å². The van der Waals surface area contributed by atoms with Gasteiger partial charge in [-0.15, -0.1) is 0 Å². The Morgan fingerprint density at radius 3 is 0.933 bits per heavy atom. The summed E-state index contributed by atoms with van der Waals surface area (Å²) in [7, 11) is 17.8. The van der Waals surface area contributed by atoms with Crippen LogP contribution in [0.5, 0.6) is 0 Å². The maximum atomic E-state index is 10.1. The van der Waals surface area contributed by atoms with Gasteiger partial charge in [-0.2, -0.15) is 0 Å². The Labute approximate surface area is 221 Å². The van der Waals surface area contributed by atoms with E-state index in [9.17, 15) is 9.79 Å². The van der Waals surface area contributed by atoms with Crippen molar-refractivity contribution in [3.8, 4) is 0 Å². The summed E-state index contributed by atoms with van der Waals surface area (Å²) < 4.78 is 0. The molecule has 10 heteroatoms. The maximum absolute atomic E-state index is 10.1. The van der Waals surface area contributed by atoms with Gasteiger partial charge in [0.15, 0.2) is 0 Å². The van der Waals surface area contributed by atoms with Gasteiger partial charge in [0.2, 0.25) is 0 Å². The van der Waals surface area contributed by atoms with E-state index in [2.05, 4.69) is 41.5 Å². The van der Waals surface area contributed by atoms with E-state index in [1.54, 1.807) is 0 Å². The molecule has 0 bridgehead atoms. The predicted octanol–water partition coefficient (Wildman–Crippen LogP) is 9.77. The van der Waals surface area contributed by atoms with E-state index in [4.69, 9.17) is 38.1 Å². The van der Waals surface area contributed by atoms with Crippen molar-refractivity contribution >= 4 is 54.4 Å². The third kappa shape index (κ3) is 18.6. The van der Waals surface area contributed by atoms with Gasteiger partial charge in [0.1, 0.15) is 0 Å². The van der Waals surface area contributed by atoms with Crippen molar-refractivity contribution in [1.29, 1.82) is 0 Å². The minimum atomic E-state index is -0.740. The molecule has 0 aromatic carbocycles. The summed E-state index contributed by atoms with van der Waals surface area (Å²) in [6.45, 7) is 13.0. The molecule has 0 spiro atoms. The molecule has 0 aromatic rings. The van der Waals surface area contributed by atoms with Crippen molar-refractivity contribution < 1.29 is 41.7 Å². The Balaban J connectivity index is 0. The third-order valence-corrected chi connectivity index (χ3v) is 10.4. The fourth-order valence-electron chi connectivity index (χ4n) is 3.75. The zero-order valence-corrected chi connectivity index (χ0v) is 27.1. The van der Waals surface area contributed by atoms with Gasteiger partial charge in [-0.05, 0) is 25.7 Å². The van der Waals surface area contributed by atoms with Crippen LogP contribution in [0.4, 0.5) is 0 Å². The molecule has 0 heterocycles. The van der Waals surface area contributed by atoms with Crippen LogP contribution in [0.15, 0.2) is 0 Å². The number of hydrogen-bond donors (Lipinski definition) is 2. The first-order valence-corrected chi connectivity index (χ1v) is 21.2. The van der Waals surface area contributed by atoms with Gasteiger partial charge < -0.3 is 9.79 Å². The number of hydrogen-bond acceptors (Lipinski definition) is 2. The molecular formula is C20H42Cl4O2P2Pd2. The Bertz CT molecular complexity index is 352. The Hall–Kier alpha value is 3.26. The van der Waals surface area contributed by atoms with Crippen molar-refractivity contribution in [3.63, 3.8) is 0 Å². The van der Waals surface area contributed by atoms with Crippen LogP contribution in [-0.4, -0.2) is 31.4 Å². The molecule has 0 saturated heterocycles. The predicted molar refractivity (Wildman–Crippen MR) is 135 cm³/mol. The van der Waals surface area contributed by atoms with Gasteiger partial charge in [0.05, 0.1) is 0 Å². The number of halogens is 4. The molecule has 2 fully saturated rings. The fraction of sp³-hybridized carbons (Fsp3) is 1.00. The first-order valence-electron chi connectivity index (χ1n) is 10.5. The zero-order chi connectivity index (χ0) is 23.8. The molecule has 2 saturated carbocycles. The van der Waals surface area contributed by atoms with E-state index >= 15 is 0 Å². The summed E-state index contributed by atoms with van der Waals surface area (Å²) in [6, 6.07) is 0. The van der Waals surface area contributed by atoms with Crippen molar-refractivity contribution in [1.82, 2.24) is 0 Å². The summed E-state index contributed by atoms with van der Waals surface area (Å²) in [5.41, 5.74) is 1.27. The van der Waals surface area contributed by atoms with Crippen LogP contribution in [-0.2, 0) is 31.9 Å². The van der Waals surface area contributed by atoms with Gasteiger partial charge >= 0.3 is 70.0 Å². The summed E-state index contributed by atoms with van der Waals surface area (Å²) in [5.74, 6) is 0. The summed E-state index contributed by atoms with van der Waals surface area (Å²) in [4.78, 5) is 20.2. The average Bonchev–Trinajstić information content (AvgIpc) is 2.68. The molecule has 0 radical (unpaired) electrons. The first-order chi connectivity index (χ1) is 13.9. The van der Waals surface area contributed by atoms with Crippen LogP contribution < -0.4 is 0 Å². The normalized spacial score (nSPS) is 20.7.